The molecule has 152 valence electrons. The monoisotopic (exact) mass is 413 g/mol. The second-order valence-electron chi connectivity index (χ2n) is 6.46. The number of ether oxygens (including phenoxy) is 2. The van der Waals surface area contributed by atoms with Crippen molar-refractivity contribution in [2.45, 2.75) is 25.7 Å². The molecule has 0 aliphatic carbocycles. The average molecular weight is 413 g/mol. The lowest BCUT2D eigenvalue weighted by Gasteiger charge is -2.09. The van der Waals surface area contributed by atoms with Gasteiger partial charge in [-0.25, -0.2) is 4.98 Å². The van der Waals surface area contributed by atoms with Crippen molar-refractivity contribution in [3.8, 4) is 11.5 Å². The fourth-order valence-corrected chi connectivity index (χ4v) is 3.95. The average Bonchev–Trinajstić information content (AvgIpc) is 3.19. The zero-order chi connectivity index (χ0) is 19.7. The highest BCUT2D eigenvalue weighted by Gasteiger charge is 2.31. The number of benzene rings is 2. The number of hydrogen-bond acceptors (Lipinski definition) is 6. The largest absolute Gasteiger partial charge is 0.497 e. The van der Waals surface area contributed by atoms with Gasteiger partial charge in [0, 0.05) is 13.1 Å². The molecule has 1 saturated heterocycles. The van der Waals surface area contributed by atoms with E-state index in [0.29, 0.717) is 18.8 Å². The van der Waals surface area contributed by atoms with Crippen molar-refractivity contribution in [1.82, 2.24) is 14.9 Å². The number of aromatic nitrogens is 2. The lowest BCUT2D eigenvalue weighted by Crippen LogP contribution is -2.25. The molecule has 1 aromatic heterocycles. The molecule has 29 heavy (non-hydrogen) atoms. The van der Waals surface area contributed by atoms with Crippen molar-refractivity contribution in [2.24, 2.45) is 7.05 Å². The highest BCUT2D eigenvalue weighted by molar-refractivity contribution is 8.15. The Bertz CT molecular complexity index is 1050. The Morgan fingerprint density at radius 1 is 1.14 bits per heavy atom. The van der Waals surface area contributed by atoms with Crippen LogP contribution in [0.25, 0.3) is 11.0 Å². The molecule has 2 heterocycles. The molecule has 1 atom stereocenters. The van der Waals surface area contributed by atoms with Crippen molar-refractivity contribution in [3.05, 3.63) is 53.9 Å². The van der Waals surface area contributed by atoms with E-state index in [-0.39, 0.29) is 23.8 Å². The molecule has 8 heteroatoms. The number of imide groups is 1. The van der Waals surface area contributed by atoms with E-state index in [1.54, 1.807) is 7.11 Å². The molecular weight excluding hydrogens is 390 g/mol. The fourth-order valence-electron chi connectivity index (χ4n) is 3.09. The summed E-state index contributed by atoms with van der Waals surface area (Å²) in [7, 11) is 3.59. The SMILES string of the molecule is C.COc1ccc2nc(COc3ccc(CC4SC(=O)NC4=O)cc3)n(C)c2c1. The molecule has 0 radical (unpaired) electrons. The summed E-state index contributed by atoms with van der Waals surface area (Å²) in [5.74, 6) is 2.08. The highest BCUT2D eigenvalue weighted by atomic mass is 32.2. The molecule has 1 unspecified atom stereocenters. The van der Waals surface area contributed by atoms with Gasteiger partial charge in [0.15, 0.2) is 0 Å². The molecule has 1 aliphatic heterocycles. The number of thioether (sulfide) groups is 1. The zero-order valence-corrected chi connectivity index (χ0v) is 16.3. The van der Waals surface area contributed by atoms with Crippen LogP contribution in [0.15, 0.2) is 42.5 Å². The van der Waals surface area contributed by atoms with Crippen LogP contribution in [0.2, 0.25) is 0 Å². The molecule has 0 spiro atoms. The Balaban J connectivity index is 0.00000240. The Morgan fingerprint density at radius 3 is 2.52 bits per heavy atom. The number of carbonyl (C=O) groups is 2. The molecule has 7 nitrogen and oxygen atoms in total. The summed E-state index contributed by atoms with van der Waals surface area (Å²) in [5.41, 5.74) is 2.85. The first kappa shape index (κ1) is 20.7. The summed E-state index contributed by atoms with van der Waals surface area (Å²) >= 11 is 1.04. The van der Waals surface area contributed by atoms with Gasteiger partial charge in [0.1, 0.15) is 23.9 Å². The minimum absolute atomic E-state index is 0. The predicted octanol–water partition coefficient (Wildman–Crippen LogP) is 3.69. The molecule has 2 aromatic carbocycles. The van der Waals surface area contributed by atoms with Crippen LogP contribution in [0.3, 0.4) is 0 Å². The molecule has 0 saturated carbocycles. The van der Waals surface area contributed by atoms with E-state index < -0.39 is 0 Å². The van der Waals surface area contributed by atoms with Gasteiger partial charge in [0.25, 0.3) is 5.24 Å². The lowest BCUT2D eigenvalue weighted by atomic mass is 10.1. The highest BCUT2D eigenvalue weighted by Crippen LogP contribution is 2.25. The second-order valence-corrected chi connectivity index (χ2v) is 7.64. The molecule has 3 aromatic rings. The van der Waals surface area contributed by atoms with Crippen molar-refractivity contribution in [3.63, 3.8) is 0 Å². The summed E-state index contributed by atoms with van der Waals surface area (Å²) in [6.45, 7) is 0.336. The van der Waals surface area contributed by atoms with Gasteiger partial charge >= 0.3 is 0 Å². The van der Waals surface area contributed by atoms with Gasteiger partial charge in [-0.3, -0.25) is 14.9 Å². The van der Waals surface area contributed by atoms with Crippen LogP contribution in [0.5, 0.6) is 11.5 Å². The Kier molecular flexibility index (Phi) is 6.12. The minimum atomic E-state index is -0.365. The standard InChI is InChI=1S/C20H19N3O4S.CH4/c1-23-16-10-14(26-2)7-8-15(16)21-18(23)11-27-13-5-3-12(4-6-13)9-17-19(24)22-20(25)28-17;/h3-8,10,17H,9,11H2,1-2H3,(H,22,24,25);1H4. The van der Waals surface area contributed by atoms with Gasteiger partial charge in [0.2, 0.25) is 5.91 Å². The third kappa shape index (κ3) is 4.37. The summed E-state index contributed by atoms with van der Waals surface area (Å²) in [5, 5.41) is 1.66. The molecular formula is C21H23N3O4S. The first-order valence-corrected chi connectivity index (χ1v) is 9.64. The van der Waals surface area contributed by atoms with Crippen LogP contribution in [0.4, 0.5) is 4.79 Å². The maximum absolute atomic E-state index is 11.7. The molecule has 4 rings (SSSR count). The quantitative estimate of drug-likeness (QED) is 0.664. The summed E-state index contributed by atoms with van der Waals surface area (Å²) in [6.07, 6.45) is 0.509. The van der Waals surface area contributed by atoms with E-state index in [9.17, 15) is 9.59 Å². The number of methoxy groups -OCH3 is 1. The number of hydrogen-bond donors (Lipinski definition) is 1. The molecule has 1 fully saturated rings. The van der Waals surface area contributed by atoms with E-state index in [1.807, 2.05) is 54.1 Å². The first-order valence-electron chi connectivity index (χ1n) is 8.76. The topological polar surface area (TPSA) is 82.5 Å². The van der Waals surface area contributed by atoms with E-state index in [0.717, 1.165) is 39.9 Å². The van der Waals surface area contributed by atoms with E-state index in [2.05, 4.69) is 10.3 Å². The smallest absolute Gasteiger partial charge is 0.286 e. The van der Waals surface area contributed by atoms with E-state index in [4.69, 9.17) is 9.47 Å². The van der Waals surface area contributed by atoms with Gasteiger partial charge in [-0.15, -0.1) is 0 Å². The van der Waals surface area contributed by atoms with Crippen LogP contribution in [0.1, 0.15) is 18.8 Å². The maximum atomic E-state index is 11.7. The Labute approximate surface area is 173 Å². The van der Waals surface area contributed by atoms with Crippen LogP contribution >= 0.6 is 11.8 Å². The summed E-state index contributed by atoms with van der Waals surface area (Å²) in [6, 6.07) is 13.3. The normalized spacial score (nSPS) is 15.9. The number of imidazole rings is 1. The first-order chi connectivity index (χ1) is 13.5. The van der Waals surface area contributed by atoms with Crippen molar-refractivity contribution in [1.29, 1.82) is 0 Å². The van der Waals surface area contributed by atoms with Crippen LogP contribution in [-0.4, -0.2) is 33.1 Å². The second kappa shape index (κ2) is 8.57. The number of amides is 2. The van der Waals surface area contributed by atoms with Gasteiger partial charge in [-0.05, 0) is 36.2 Å². The van der Waals surface area contributed by atoms with Gasteiger partial charge in [-0.1, -0.05) is 31.3 Å². The Hall–Kier alpha value is -3.00. The van der Waals surface area contributed by atoms with Crippen molar-refractivity contribution in [2.75, 3.05) is 7.11 Å². The lowest BCUT2D eigenvalue weighted by molar-refractivity contribution is -0.118. The number of rotatable bonds is 6. The number of aryl methyl sites for hydroxylation is 1. The molecule has 1 aliphatic rings. The van der Waals surface area contributed by atoms with Crippen molar-refractivity contribution < 1.29 is 19.1 Å². The minimum Gasteiger partial charge on any atom is -0.497 e. The summed E-state index contributed by atoms with van der Waals surface area (Å²) < 4.78 is 13.1. The van der Waals surface area contributed by atoms with Crippen LogP contribution in [-0.2, 0) is 24.9 Å². The van der Waals surface area contributed by atoms with E-state index in [1.165, 1.54) is 0 Å². The third-order valence-corrected chi connectivity index (χ3v) is 5.64. The third-order valence-electron chi connectivity index (χ3n) is 4.66. The predicted molar refractivity (Wildman–Crippen MR) is 113 cm³/mol. The maximum Gasteiger partial charge on any atom is 0.286 e. The van der Waals surface area contributed by atoms with Crippen LogP contribution < -0.4 is 14.8 Å². The number of carbonyl (C=O) groups excluding carboxylic acids is 2. The molecule has 2 amide bonds. The summed E-state index contributed by atoms with van der Waals surface area (Å²) in [4.78, 5) is 27.5. The van der Waals surface area contributed by atoms with Crippen LogP contribution in [0, 0.1) is 0 Å². The van der Waals surface area contributed by atoms with Gasteiger partial charge in [0.05, 0.1) is 23.4 Å². The molecule has 0 bridgehead atoms. The van der Waals surface area contributed by atoms with Gasteiger partial charge in [-0.2, -0.15) is 0 Å². The number of fused-ring (bicyclic) bond motifs is 1. The number of nitrogens with one attached hydrogen (secondary N) is 1. The van der Waals surface area contributed by atoms with Gasteiger partial charge < -0.3 is 14.0 Å². The zero-order valence-electron chi connectivity index (χ0n) is 15.5. The van der Waals surface area contributed by atoms with E-state index >= 15 is 0 Å². The fraction of sp³-hybridized carbons (Fsp3) is 0.286. The van der Waals surface area contributed by atoms with Crippen molar-refractivity contribution >= 4 is 33.9 Å². The molecule has 1 N–H and O–H groups in total. The Morgan fingerprint density at radius 2 is 1.86 bits per heavy atom. The number of nitrogens with zero attached hydrogens (tertiary/aromatic N) is 2.